The molecule has 0 bridgehead atoms. The van der Waals surface area contributed by atoms with E-state index < -0.39 is 0 Å². The second-order valence-electron chi connectivity index (χ2n) is 15.7. The molecule has 280 valence electrons. The smallest absolute Gasteiger partial charge is 0.159 e. The molecule has 0 fully saturated rings. The van der Waals surface area contributed by atoms with Gasteiger partial charge < -0.3 is 19.2 Å². The summed E-state index contributed by atoms with van der Waals surface area (Å²) < 4.78 is 9.37. The van der Waals surface area contributed by atoms with Gasteiger partial charge in [-0.25, -0.2) is 0 Å². The fraction of sp³-hybridized carbons (Fsp3) is 0.0545. The van der Waals surface area contributed by atoms with Crippen molar-refractivity contribution in [2.75, 3.05) is 10.2 Å². The Hall–Kier alpha value is -7.56. The van der Waals surface area contributed by atoms with Crippen LogP contribution in [0.1, 0.15) is 34.5 Å². The molecule has 10 aromatic rings. The van der Waals surface area contributed by atoms with Gasteiger partial charge in [-0.1, -0.05) is 152 Å². The van der Waals surface area contributed by atoms with E-state index in [-0.39, 0.29) is 6.17 Å². The standard InChI is InChI=1S/C55H39N3O/c1-4-14-36(15-5-1)40-30-32-48-45(34-40)46-35-41(37-16-6-2-7-17-37)31-33-49(46)58(48)51-24-12-21-44-53-43(20-13-25-52(53)59-54(44)51)38-26-28-39(29-27-38)55-56-47-22-10-11-23-50(47)57(55)42-18-8-3-9-19-42/h1-34,41,55-56H,35H2. The van der Waals surface area contributed by atoms with Crippen LogP contribution < -0.4 is 10.2 Å². The predicted molar refractivity (Wildman–Crippen MR) is 245 cm³/mol. The molecular formula is C55H39N3O. The van der Waals surface area contributed by atoms with E-state index in [0.29, 0.717) is 5.92 Å². The van der Waals surface area contributed by atoms with Crippen LogP contribution in [-0.2, 0) is 6.42 Å². The van der Waals surface area contributed by atoms with E-state index in [4.69, 9.17) is 4.42 Å². The fourth-order valence-electron chi connectivity index (χ4n) is 9.62. The summed E-state index contributed by atoms with van der Waals surface area (Å²) in [5, 5.41) is 7.31. The summed E-state index contributed by atoms with van der Waals surface area (Å²) in [6.07, 6.45) is 5.62. The zero-order valence-electron chi connectivity index (χ0n) is 32.3. The lowest BCUT2D eigenvalue weighted by atomic mass is 9.86. The first-order valence-electron chi connectivity index (χ1n) is 20.5. The Morgan fingerprint density at radius 1 is 0.542 bits per heavy atom. The highest BCUT2D eigenvalue weighted by Crippen LogP contribution is 2.47. The van der Waals surface area contributed by atoms with Gasteiger partial charge in [0, 0.05) is 33.5 Å². The summed E-state index contributed by atoms with van der Waals surface area (Å²) in [6.45, 7) is 0. The molecule has 0 radical (unpaired) electrons. The van der Waals surface area contributed by atoms with E-state index in [1.807, 2.05) is 0 Å². The van der Waals surface area contributed by atoms with Crippen molar-refractivity contribution in [3.8, 4) is 27.9 Å². The number of hydrogen-bond donors (Lipinski definition) is 1. The number of aromatic nitrogens is 1. The van der Waals surface area contributed by atoms with Crippen LogP contribution in [0.5, 0.6) is 0 Å². The van der Waals surface area contributed by atoms with E-state index in [9.17, 15) is 0 Å². The van der Waals surface area contributed by atoms with Crippen molar-refractivity contribution < 1.29 is 4.42 Å². The van der Waals surface area contributed by atoms with E-state index in [2.05, 4.69) is 221 Å². The molecule has 2 atom stereocenters. The zero-order valence-corrected chi connectivity index (χ0v) is 32.3. The minimum atomic E-state index is -0.0277. The Bertz CT molecular complexity index is 3220. The highest BCUT2D eigenvalue weighted by molar-refractivity contribution is 6.14. The molecule has 4 nitrogen and oxygen atoms in total. The van der Waals surface area contributed by atoms with Crippen molar-refractivity contribution in [1.82, 2.24) is 4.57 Å². The third-order valence-electron chi connectivity index (χ3n) is 12.4. The van der Waals surface area contributed by atoms with Crippen LogP contribution in [0, 0.1) is 0 Å². The number of anilines is 3. The number of allylic oxidation sites excluding steroid dienone is 1. The molecule has 1 N–H and O–H groups in total. The number of nitrogens with one attached hydrogen (secondary N) is 1. The minimum absolute atomic E-state index is 0.0277. The SMILES string of the molecule is C1=CC(c2ccccc2)Cc2c1n(-c1cccc3c1oc1cccc(-c4ccc(C5Nc6ccccc6N5c5ccccc5)cc4)c13)c1ccc(-c3ccccc3)cc21. The quantitative estimate of drug-likeness (QED) is 0.183. The van der Waals surface area contributed by atoms with Gasteiger partial charge in [-0.15, -0.1) is 0 Å². The number of para-hydroxylation sites is 4. The number of nitrogens with zero attached hydrogens (tertiary/aromatic N) is 2. The molecule has 1 aliphatic heterocycles. The maximum atomic E-state index is 6.94. The Morgan fingerprint density at radius 3 is 2.08 bits per heavy atom. The summed E-state index contributed by atoms with van der Waals surface area (Å²) in [5.74, 6) is 0.306. The first kappa shape index (κ1) is 33.6. The van der Waals surface area contributed by atoms with Crippen LogP contribution in [0.3, 0.4) is 0 Å². The number of benzene rings is 8. The molecule has 8 aromatic carbocycles. The summed E-state index contributed by atoms with van der Waals surface area (Å²) >= 11 is 0. The van der Waals surface area contributed by atoms with Gasteiger partial charge in [-0.3, -0.25) is 0 Å². The maximum absolute atomic E-state index is 6.94. The molecule has 2 aromatic heterocycles. The molecule has 0 amide bonds. The molecule has 0 spiro atoms. The first-order valence-corrected chi connectivity index (χ1v) is 20.5. The summed E-state index contributed by atoms with van der Waals surface area (Å²) in [7, 11) is 0. The van der Waals surface area contributed by atoms with Gasteiger partial charge in [0.15, 0.2) is 5.58 Å². The lowest BCUT2D eigenvalue weighted by molar-refractivity contribution is 0.665. The summed E-state index contributed by atoms with van der Waals surface area (Å²) in [6, 6.07) is 69.8. The largest absolute Gasteiger partial charge is 0.454 e. The average Bonchev–Trinajstić information content (AvgIpc) is 4.00. The molecule has 2 unspecified atom stereocenters. The van der Waals surface area contributed by atoms with E-state index in [1.165, 1.54) is 50.1 Å². The van der Waals surface area contributed by atoms with Gasteiger partial charge in [0.25, 0.3) is 0 Å². The molecule has 12 rings (SSSR count). The van der Waals surface area contributed by atoms with Crippen molar-refractivity contribution in [3.63, 3.8) is 0 Å². The van der Waals surface area contributed by atoms with E-state index >= 15 is 0 Å². The van der Waals surface area contributed by atoms with Gasteiger partial charge in [-0.05, 0) is 100.0 Å². The van der Waals surface area contributed by atoms with Gasteiger partial charge in [0.2, 0.25) is 0 Å². The number of hydrogen-bond acceptors (Lipinski definition) is 3. The van der Waals surface area contributed by atoms with E-state index in [1.54, 1.807) is 0 Å². The van der Waals surface area contributed by atoms with Gasteiger partial charge in [0.05, 0.1) is 22.6 Å². The lowest BCUT2D eigenvalue weighted by Gasteiger charge is -2.27. The second-order valence-corrected chi connectivity index (χ2v) is 15.7. The Morgan fingerprint density at radius 2 is 1.25 bits per heavy atom. The monoisotopic (exact) mass is 757 g/mol. The molecule has 0 saturated heterocycles. The average molecular weight is 758 g/mol. The number of fused-ring (bicyclic) bond motifs is 7. The van der Waals surface area contributed by atoms with Crippen LogP contribution >= 0.6 is 0 Å². The van der Waals surface area contributed by atoms with Crippen molar-refractivity contribution >= 4 is 56.0 Å². The minimum Gasteiger partial charge on any atom is -0.454 e. The number of furan rings is 1. The van der Waals surface area contributed by atoms with Gasteiger partial charge >= 0.3 is 0 Å². The van der Waals surface area contributed by atoms with Crippen LogP contribution in [-0.4, -0.2) is 4.57 Å². The predicted octanol–water partition coefficient (Wildman–Crippen LogP) is 14.5. The first-order chi connectivity index (χ1) is 29.3. The maximum Gasteiger partial charge on any atom is 0.159 e. The normalized spacial score (nSPS) is 15.8. The van der Waals surface area contributed by atoms with Crippen molar-refractivity contribution in [2.24, 2.45) is 0 Å². The second kappa shape index (κ2) is 13.5. The summed E-state index contributed by atoms with van der Waals surface area (Å²) in [4.78, 5) is 2.39. The Labute approximate surface area is 342 Å². The fourth-order valence-corrected chi connectivity index (χ4v) is 9.62. The van der Waals surface area contributed by atoms with Crippen LogP contribution in [0.15, 0.2) is 205 Å². The Balaban J connectivity index is 0.976. The molecule has 0 saturated carbocycles. The third kappa shape index (κ3) is 5.44. The Kier molecular flexibility index (Phi) is 7.70. The van der Waals surface area contributed by atoms with Crippen molar-refractivity contribution in [3.05, 3.63) is 223 Å². The van der Waals surface area contributed by atoms with E-state index in [0.717, 1.165) is 56.5 Å². The molecular weight excluding hydrogens is 719 g/mol. The lowest BCUT2D eigenvalue weighted by Crippen LogP contribution is -2.23. The van der Waals surface area contributed by atoms with Crippen molar-refractivity contribution in [1.29, 1.82) is 0 Å². The highest BCUT2D eigenvalue weighted by atomic mass is 16.3. The van der Waals surface area contributed by atoms with Crippen molar-refractivity contribution in [2.45, 2.75) is 18.5 Å². The third-order valence-corrected chi connectivity index (χ3v) is 12.4. The molecule has 1 aliphatic carbocycles. The zero-order chi connectivity index (χ0) is 38.9. The number of rotatable bonds is 6. The summed E-state index contributed by atoms with van der Waals surface area (Å²) in [5.41, 5.74) is 17.4. The van der Waals surface area contributed by atoms with Gasteiger partial charge in [-0.2, -0.15) is 0 Å². The topological polar surface area (TPSA) is 33.3 Å². The molecule has 4 heteroatoms. The van der Waals surface area contributed by atoms with Crippen LogP contribution in [0.25, 0.3) is 66.9 Å². The van der Waals surface area contributed by atoms with Crippen LogP contribution in [0.2, 0.25) is 0 Å². The van der Waals surface area contributed by atoms with Crippen LogP contribution in [0.4, 0.5) is 17.1 Å². The van der Waals surface area contributed by atoms with Gasteiger partial charge in [0.1, 0.15) is 11.7 Å². The molecule has 59 heavy (non-hydrogen) atoms. The molecule has 3 heterocycles. The molecule has 2 aliphatic rings. The highest BCUT2D eigenvalue weighted by Gasteiger charge is 2.31.